The second-order valence-corrected chi connectivity index (χ2v) is 6.16. The molecule has 2 atom stereocenters. The molecule has 1 aromatic rings. The van der Waals surface area contributed by atoms with Gasteiger partial charge >= 0.3 is 0 Å². The zero-order chi connectivity index (χ0) is 13.5. The van der Waals surface area contributed by atoms with Crippen molar-refractivity contribution in [1.82, 2.24) is 5.32 Å². The van der Waals surface area contributed by atoms with Crippen LogP contribution < -0.4 is 5.32 Å². The molecule has 2 N–H and O–H groups in total. The average molecular weight is 279 g/mol. The minimum Gasteiger partial charge on any atom is -0.393 e. The average Bonchev–Trinajstić information content (AvgIpc) is 2.40. The summed E-state index contributed by atoms with van der Waals surface area (Å²) in [5, 5.41) is 12.6. The van der Waals surface area contributed by atoms with Crippen molar-refractivity contribution in [3.05, 3.63) is 30.3 Å². The molecule has 4 heteroatoms. The Labute approximate surface area is 118 Å². The molecule has 3 nitrogen and oxygen atoms in total. The Kier molecular flexibility index (Phi) is 5.73. The Bertz CT molecular complexity index is 396. The Morgan fingerprint density at radius 1 is 1.32 bits per heavy atom. The van der Waals surface area contributed by atoms with E-state index in [1.807, 2.05) is 18.2 Å². The van der Waals surface area contributed by atoms with E-state index in [1.54, 1.807) is 11.8 Å². The Morgan fingerprint density at radius 2 is 2.11 bits per heavy atom. The molecular weight excluding hydrogens is 258 g/mol. The van der Waals surface area contributed by atoms with Gasteiger partial charge in [-0.25, -0.2) is 0 Å². The summed E-state index contributed by atoms with van der Waals surface area (Å²) in [6.07, 6.45) is 3.87. The van der Waals surface area contributed by atoms with Crippen LogP contribution in [-0.2, 0) is 4.79 Å². The summed E-state index contributed by atoms with van der Waals surface area (Å²) >= 11 is 1.70. The normalized spacial score (nSPS) is 23.0. The largest absolute Gasteiger partial charge is 0.393 e. The van der Waals surface area contributed by atoms with Crippen LogP contribution in [0.1, 0.15) is 32.1 Å². The van der Waals surface area contributed by atoms with Crippen molar-refractivity contribution in [3.63, 3.8) is 0 Å². The van der Waals surface area contributed by atoms with Gasteiger partial charge in [0.1, 0.15) is 0 Å². The molecule has 0 bridgehead atoms. The predicted octanol–water partition coefficient (Wildman–Crippen LogP) is 2.59. The molecule has 0 radical (unpaired) electrons. The fourth-order valence-electron chi connectivity index (χ4n) is 2.37. The molecule has 1 aliphatic rings. The molecular formula is C15H21NO2S. The number of benzene rings is 1. The molecule has 0 aromatic heterocycles. The minimum atomic E-state index is -0.238. The molecule has 1 aliphatic carbocycles. The molecule has 0 aliphatic heterocycles. The third-order valence-corrected chi connectivity index (χ3v) is 4.37. The van der Waals surface area contributed by atoms with E-state index in [0.29, 0.717) is 12.8 Å². The van der Waals surface area contributed by atoms with Crippen molar-refractivity contribution >= 4 is 17.7 Å². The fourth-order valence-corrected chi connectivity index (χ4v) is 3.25. The van der Waals surface area contributed by atoms with Crippen LogP contribution in [0.25, 0.3) is 0 Å². The van der Waals surface area contributed by atoms with Gasteiger partial charge in [0.05, 0.1) is 6.10 Å². The lowest BCUT2D eigenvalue weighted by Crippen LogP contribution is -2.39. The lowest BCUT2D eigenvalue weighted by Gasteiger charge is -2.26. The molecule has 2 rings (SSSR count). The van der Waals surface area contributed by atoms with Gasteiger partial charge in [0.15, 0.2) is 0 Å². The number of rotatable bonds is 5. The summed E-state index contributed by atoms with van der Waals surface area (Å²) in [4.78, 5) is 13.0. The van der Waals surface area contributed by atoms with Crippen LogP contribution in [-0.4, -0.2) is 28.9 Å². The monoisotopic (exact) mass is 279 g/mol. The highest BCUT2D eigenvalue weighted by atomic mass is 32.2. The Morgan fingerprint density at radius 3 is 2.84 bits per heavy atom. The number of hydrogen-bond donors (Lipinski definition) is 2. The standard InChI is InChI=1S/C15H21NO2S/c17-13-6-4-5-12(11-13)16-15(18)9-10-19-14-7-2-1-3-8-14/h1-3,7-8,12-13,17H,4-6,9-11H2,(H,16,18)/t12-,13+/m0/s1. The maximum absolute atomic E-state index is 11.8. The smallest absolute Gasteiger partial charge is 0.221 e. The van der Waals surface area contributed by atoms with Gasteiger partial charge in [-0.1, -0.05) is 18.2 Å². The molecule has 0 unspecified atom stereocenters. The van der Waals surface area contributed by atoms with Gasteiger partial charge in [-0.3, -0.25) is 4.79 Å². The van der Waals surface area contributed by atoms with Gasteiger partial charge in [-0.05, 0) is 37.8 Å². The van der Waals surface area contributed by atoms with Crippen molar-refractivity contribution in [2.45, 2.75) is 49.1 Å². The van der Waals surface area contributed by atoms with Crippen molar-refractivity contribution in [2.24, 2.45) is 0 Å². The summed E-state index contributed by atoms with van der Waals surface area (Å²) in [6.45, 7) is 0. The van der Waals surface area contributed by atoms with E-state index < -0.39 is 0 Å². The third-order valence-electron chi connectivity index (χ3n) is 3.35. The first-order chi connectivity index (χ1) is 9.24. The summed E-state index contributed by atoms with van der Waals surface area (Å²) in [6, 6.07) is 10.3. The maximum atomic E-state index is 11.8. The van der Waals surface area contributed by atoms with Gasteiger partial charge in [0.25, 0.3) is 0 Å². The van der Waals surface area contributed by atoms with Gasteiger partial charge in [0, 0.05) is 23.1 Å². The van der Waals surface area contributed by atoms with Crippen LogP contribution >= 0.6 is 11.8 Å². The number of aliphatic hydroxyl groups is 1. The molecule has 1 saturated carbocycles. The van der Waals surface area contributed by atoms with E-state index in [9.17, 15) is 9.90 Å². The highest BCUT2D eigenvalue weighted by Gasteiger charge is 2.21. The number of hydrogen-bond acceptors (Lipinski definition) is 3. The van der Waals surface area contributed by atoms with Crippen molar-refractivity contribution < 1.29 is 9.90 Å². The molecule has 1 amide bonds. The zero-order valence-electron chi connectivity index (χ0n) is 11.0. The third kappa shape index (κ3) is 5.25. The number of thioether (sulfide) groups is 1. The van der Waals surface area contributed by atoms with E-state index in [2.05, 4.69) is 17.4 Å². The number of carbonyl (C=O) groups excluding carboxylic acids is 1. The zero-order valence-corrected chi connectivity index (χ0v) is 11.9. The number of nitrogens with one attached hydrogen (secondary N) is 1. The molecule has 0 spiro atoms. The van der Waals surface area contributed by atoms with Crippen LogP contribution in [0.4, 0.5) is 0 Å². The quantitative estimate of drug-likeness (QED) is 0.815. The van der Waals surface area contributed by atoms with E-state index in [1.165, 1.54) is 4.90 Å². The molecule has 1 fully saturated rings. The second kappa shape index (κ2) is 7.56. The molecule has 0 heterocycles. The molecule has 1 aromatic carbocycles. The Hall–Kier alpha value is -1.00. The van der Waals surface area contributed by atoms with Crippen LogP contribution in [0.15, 0.2) is 35.2 Å². The number of amides is 1. The van der Waals surface area contributed by atoms with Crippen LogP contribution in [0.5, 0.6) is 0 Å². The highest BCUT2D eigenvalue weighted by Crippen LogP contribution is 2.20. The van der Waals surface area contributed by atoms with Crippen molar-refractivity contribution in [3.8, 4) is 0 Å². The van der Waals surface area contributed by atoms with Crippen LogP contribution in [0.3, 0.4) is 0 Å². The summed E-state index contributed by atoms with van der Waals surface area (Å²) in [7, 11) is 0. The number of aliphatic hydroxyl groups excluding tert-OH is 1. The maximum Gasteiger partial charge on any atom is 0.221 e. The van der Waals surface area contributed by atoms with Gasteiger partial charge in [-0.2, -0.15) is 0 Å². The van der Waals surface area contributed by atoms with Gasteiger partial charge in [-0.15, -0.1) is 11.8 Å². The molecule has 104 valence electrons. The van der Waals surface area contributed by atoms with E-state index in [-0.39, 0.29) is 18.1 Å². The predicted molar refractivity (Wildman–Crippen MR) is 78.2 cm³/mol. The molecule has 0 saturated heterocycles. The Balaban J connectivity index is 1.64. The fraction of sp³-hybridized carbons (Fsp3) is 0.533. The highest BCUT2D eigenvalue weighted by molar-refractivity contribution is 7.99. The summed E-state index contributed by atoms with van der Waals surface area (Å²) in [5.41, 5.74) is 0. The van der Waals surface area contributed by atoms with E-state index in [4.69, 9.17) is 0 Å². The topological polar surface area (TPSA) is 49.3 Å². The van der Waals surface area contributed by atoms with Crippen molar-refractivity contribution in [2.75, 3.05) is 5.75 Å². The van der Waals surface area contributed by atoms with Crippen LogP contribution in [0.2, 0.25) is 0 Å². The van der Waals surface area contributed by atoms with Gasteiger partial charge in [0.2, 0.25) is 5.91 Å². The SMILES string of the molecule is O=C(CCSc1ccccc1)N[C@H]1CCC[C@@H](O)C1. The lowest BCUT2D eigenvalue weighted by atomic mass is 9.93. The van der Waals surface area contributed by atoms with E-state index in [0.717, 1.165) is 25.0 Å². The lowest BCUT2D eigenvalue weighted by molar-refractivity contribution is -0.121. The van der Waals surface area contributed by atoms with Crippen LogP contribution in [0, 0.1) is 0 Å². The van der Waals surface area contributed by atoms with Crippen molar-refractivity contribution in [1.29, 1.82) is 0 Å². The first-order valence-electron chi connectivity index (χ1n) is 6.89. The minimum absolute atomic E-state index is 0.0996. The molecule has 19 heavy (non-hydrogen) atoms. The van der Waals surface area contributed by atoms with E-state index >= 15 is 0 Å². The summed E-state index contributed by atoms with van der Waals surface area (Å²) < 4.78 is 0. The van der Waals surface area contributed by atoms with Gasteiger partial charge < -0.3 is 10.4 Å². The second-order valence-electron chi connectivity index (χ2n) is 5.00. The number of carbonyl (C=O) groups is 1. The summed E-state index contributed by atoms with van der Waals surface area (Å²) in [5.74, 6) is 0.896. The first-order valence-corrected chi connectivity index (χ1v) is 7.88. The first kappa shape index (κ1) is 14.4.